The largest absolute Gasteiger partial charge is 0.405 e. The Labute approximate surface area is 152 Å². The van der Waals surface area contributed by atoms with Crippen LogP contribution < -0.4 is 10.2 Å². The second-order valence-corrected chi connectivity index (χ2v) is 6.74. The Morgan fingerprint density at radius 2 is 2.19 bits per heavy atom. The minimum atomic E-state index is -4.41. The number of hydrogen-bond acceptors (Lipinski definition) is 4. The Morgan fingerprint density at radius 3 is 3.00 bits per heavy atom. The van der Waals surface area contributed by atoms with Gasteiger partial charge in [0.2, 0.25) is 5.91 Å². The molecule has 27 heavy (non-hydrogen) atoms. The molecule has 4 heterocycles. The molecule has 0 aromatic carbocycles. The molecule has 3 aromatic heterocycles. The van der Waals surface area contributed by atoms with Gasteiger partial charge in [-0.05, 0) is 18.9 Å². The molecule has 4 rings (SSSR count). The van der Waals surface area contributed by atoms with Gasteiger partial charge in [-0.25, -0.2) is 4.98 Å². The molecule has 0 spiro atoms. The molecule has 1 saturated heterocycles. The van der Waals surface area contributed by atoms with E-state index >= 15 is 0 Å². The first kappa shape index (κ1) is 17.6. The van der Waals surface area contributed by atoms with Gasteiger partial charge in [0.15, 0.2) is 0 Å². The second kappa shape index (κ2) is 6.71. The van der Waals surface area contributed by atoms with Gasteiger partial charge in [-0.1, -0.05) is 0 Å². The minimum absolute atomic E-state index is 0.360. The number of pyridine rings is 2. The van der Waals surface area contributed by atoms with Crippen molar-refractivity contribution < 1.29 is 18.0 Å². The molecule has 3 aromatic rings. The average molecular weight is 377 g/mol. The number of aromatic amines is 1. The van der Waals surface area contributed by atoms with Crippen molar-refractivity contribution in [1.29, 1.82) is 0 Å². The number of H-pyrrole nitrogens is 1. The standard InChI is InChI=1S/C18H18F3N5O/c19-18(20,21)10-25-17(27)11-2-1-5-26(9-11)14-8-22-6-12-7-24-16-13(15(12)14)3-4-23-16/h3-4,6-8,11H,1-2,5,9-10H2,(H,23,24)(H,25,27). The minimum Gasteiger partial charge on any atom is -0.369 e. The number of hydrogen-bond donors (Lipinski definition) is 2. The zero-order valence-corrected chi connectivity index (χ0v) is 14.4. The van der Waals surface area contributed by atoms with Crippen molar-refractivity contribution in [3.8, 4) is 0 Å². The van der Waals surface area contributed by atoms with Crippen molar-refractivity contribution in [3.05, 3.63) is 30.9 Å². The van der Waals surface area contributed by atoms with E-state index in [-0.39, 0.29) is 0 Å². The molecule has 6 nitrogen and oxygen atoms in total. The van der Waals surface area contributed by atoms with Crippen LogP contribution in [0.2, 0.25) is 0 Å². The Balaban J connectivity index is 1.62. The quantitative estimate of drug-likeness (QED) is 0.736. The first-order chi connectivity index (χ1) is 12.9. The normalized spacial score (nSPS) is 18.2. The van der Waals surface area contributed by atoms with E-state index in [4.69, 9.17) is 0 Å². The summed E-state index contributed by atoms with van der Waals surface area (Å²) in [5.74, 6) is -1.04. The molecule has 1 aliphatic rings. The van der Waals surface area contributed by atoms with Crippen LogP contribution in [0.3, 0.4) is 0 Å². The lowest BCUT2D eigenvalue weighted by Crippen LogP contribution is -2.45. The molecule has 1 amide bonds. The molecule has 9 heteroatoms. The predicted octanol–water partition coefficient (Wildman–Crippen LogP) is 3.01. The van der Waals surface area contributed by atoms with Crippen molar-refractivity contribution >= 4 is 33.4 Å². The number of carbonyl (C=O) groups excluding carboxylic acids is 1. The van der Waals surface area contributed by atoms with Crippen LogP contribution in [0.4, 0.5) is 18.9 Å². The molecule has 0 bridgehead atoms. The number of amides is 1. The fraction of sp³-hybridized carbons (Fsp3) is 0.389. The topological polar surface area (TPSA) is 73.9 Å². The van der Waals surface area contributed by atoms with E-state index in [1.54, 1.807) is 18.6 Å². The highest BCUT2D eigenvalue weighted by Gasteiger charge is 2.32. The van der Waals surface area contributed by atoms with Gasteiger partial charge in [0.05, 0.1) is 17.8 Å². The fourth-order valence-corrected chi connectivity index (χ4v) is 3.64. The molecule has 1 fully saturated rings. The summed E-state index contributed by atoms with van der Waals surface area (Å²) >= 11 is 0. The Hall–Kier alpha value is -2.84. The van der Waals surface area contributed by atoms with E-state index < -0.39 is 24.5 Å². The Morgan fingerprint density at radius 1 is 1.33 bits per heavy atom. The summed E-state index contributed by atoms with van der Waals surface area (Å²) in [5.41, 5.74) is 1.62. The van der Waals surface area contributed by atoms with E-state index in [1.165, 1.54) is 0 Å². The Kier molecular flexibility index (Phi) is 4.37. The summed E-state index contributed by atoms with van der Waals surface area (Å²) < 4.78 is 37.1. The summed E-state index contributed by atoms with van der Waals surface area (Å²) in [5, 5.41) is 4.82. The number of nitrogens with one attached hydrogen (secondary N) is 2. The van der Waals surface area contributed by atoms with Crippen LogP contribution in [0.15, 0.2) is 30.9 Å². The van der Waals surface area contributed by atoms with Crippen molar-refractivity contribution in [2.75, 3.05) is 24.5 Å². The lowest BCUT2D eigenvalue weighted by atomic mass is 9.96. The van der Waals surface area contributed by atoms with Crippen molar-refractivity contribution in [1.82, 2.24) is 20.3 Å². The van der Waals surface area contributed by atoms with Crippen LogP contribution in [-0.2, 0) is 4.79 Å². The van der Waals surface area contributed by atoms with Gasteiger partial charge < -0.3 is 15.2 Å². The number of piperidine rings is 1. The Bertz CT molecular complexity index is 984. The van der Waals surface area contributed by atoms with Crippen LogP contribution in [-0.4, -0.2) is 46.7 Å². The van der Waals surface area contributed by atoms with Crippen LogP contribution in [0.25, 0.3) is 21.8 Å². The van der Waals surface area contributed by atoms with E-state index in [2.05, 4.69) is 15.0 Å². The smallest absolute Gasteiger partial charge is 0.369 e. The number of nitrogens with zero attached hydrogens (tertiary/aromatic N) is 3. The highest BCUT2D eigenvalue weighted by atomic mass is 19.4. The first-order valence-electron chi connectivity index (χ1n) is 8.71. The second-order valence-electron chi connectivity index (χ2n) is 6.74. The van der Waals surface area contributed by atoms with Crippen LogP contribution in [0.1, 0.15) is 12.8 Å². The van der Waals surface area contributed by atoms with E-state index in [1.807, 2.05) is 22.5 Å². The lowest BCUT2D eigenvalue weighted by Gasteiger charge is -2.34. The summed E-state index contributed by atoms with van der Waals surface area (Å²) in [6, 6.07) is 1.94. The zero-order valence-electron chi connectivity index (χ0n) is 14.4. The van der Waals surface area contributed by atoms with E-state index in [9.17, 15) is 18.0 Å². The SMILES string of the molecule is O=C(NCC(F)(F)F)C1CCCN(c2cncc3cnc4[nH]ccc4c23)C1. The molecule has 0 saturated carbocycles. The van der Waals surface area contributed by atoms with Gasteiger partial charge in [-0.2, -0.15) is 13.2 Å². The summed E-state index contributed by atoms with van der Waals surface area (Å²) in [4.78, 5) is 25.9. The maximum Gasteiger partial charge on any atom is 0.405 e. The maximum atomic E-state index is 12.4. The number of aromatic nitrogens is 3. The summed E-state index contributed by atoms with van der Waals surface area (Å²) in [6.07, 6.45) is 3.91. The van der Waals surface area contributed by atoms with Gasteiger partial charge >= 0.3 is 6.18 Å². The third-order valence-electron chi connectivity index (χ3n) is 4.88. The van der Waals surface area contributed by atoms with Crippen LogP contribution >= 0.6 is 0 Å². The fourth-order valence-electron chi connectivity index (χ4n) is 3.64. The molecule has 1 aliphatic heterocycles. The van der Waals surface area contributed by atoms with Crippen LogP contribution in [0.5, 0.6) is 0 Å². The third-order valence-corrected chi connectivity index (χ3v) is 4.88. The predicted molar refractivity (Wildman–Crippen MR) is 95.4 cm³/mol. The average Bonchev–Trinajstić information content (AvgIpc) is 3.14. The monoisotopic (exact) mass is 377 g/mol. The molecular weight excluding hydrogens is 359 g/mol. The lowest BCUT2D eigenvalue weighted by molar-refractivity contribution is -0.140. The van der Waals surface area contributed by atoms with Gasteiger partial charge in [-0.3, -0.25) is 9.78 Å². The van der Waals surface area contributed by atoms with Gasteiger partial charge in [0.1, 0.15) is 12.2 Å². The molecule has 2 N–H and O–H groups in total. The van der Waals surface area contributed by atoms with Gasteiger partial charge in [-0.15, -0.1) is 0 Å². The number of halogens is 3. The highest BCUT2D eigenvalue weighted by Crippen LogP contribution is 2.33. The molecular formula is C18H18F3N5O. The van der Waals surface area contributed by atoms with Crippen molar-refractivity contribution in [3.63, 3.8) is 0 Å². The molecule has 1 atom stereocenters. The van der Waals surface area contributed by atoms with Gasteiger partial charge in [0.25, 0.3) is 0 Å². The maximum absolute atomic E-state index is 12.4. The molecule has 1 unspecified atom stereocenters. The molecule has 0 radical (unpaired) electrons. The number of rotatable bonds is 3. The summed E-state index contributed by atoms with van der Waals surface area (Å²) in [6.45, 7) is -0.218. The number of anilines is 1. The highest BCUT2D eigenvalue weighted by molar-refractivity contribution is 6.11. The van der Waals surface area contributed by atoms with E-state index in [0.717, 1.165) is 40.5 Å². The molecule has 142 valence electrons. The van der Waals surface area contributed by atoms with Crippen molar-refractivity contribution in [2.45, 2.75) is 19.0 Å². The van der Waals surface area contributed by atoms with E-state index in [0.29, 0.717) is 13.0 Å². The zero-order chi connectivity index (χ0) is 19.0. The van der Waals surface area contributed by atoms with Crippen LogP contribution in [0, 0.1) is 5.92 Å². The number of alkyl halides is 3. The number of fused-ring (bicyclic) bond motifs is 3. The first-order valence-corrected chi connectivity index (χ1v) is 8.71. The molecule has 0 aliphatic carbocycles. The third kappa shape index (κ3) is 3.54. The van der Waals surface area contributed by atoms with Gasteiger partial charge in [0, 0.05) is 47.8 Å². The summed E-state index contributed by atoms with van der Waals surface area (Å²) in [7, 11) is 0. The number of carbonyl (C=O) groups is 1. The van der Waals surface area contributed by atoms with Crippen molar-refractivity contribution in [2.24, 2.45) is 5.92 Å².